The van der Waals surface area contributed by atoms with Gasteiger partial charge in [0.15, 0.2) is 0 Å². The lowest BCUT2D eigenvalue weighted by molar-refractivity contribution is 0.102. The molecule has 0 radical (unpaired) electrons. The molecule has 4 rings (SSSR count). The maximum atomic E-state index is 12.6. The highest BCUT2D eigenvalue weighted by atomic mass is 32.1. The first-order chi connectivity index (χ1) is 13.8. The summed E-state index contributed by atoms with van der Waals surface area (Å²) in [5.74, 6) is -0.103. The maximum Gasteiger partial charge on any atom is 0.255 e. The third kappa shape index (κ3) is 4.22. The minimum atomic E-state index is -0.103. The highest BCUT2D eigenvalue weighted by molar-refractivity contribution is 7.21. The predicted octanol–water partition coefficient (Wildman–Crippen LogP) is 6.82. The van der Waals surface area contributed by atoms with Crippen LogP contribution in [0, 0.1) is 6.92 Å². The van der Waals surface area contributed by atoms with Crippen LogP contribution in [0.4, 0.5) is 5.69 Å². The van der Waals surface area contributed by atoms with Crippen molar-refractivity contribution in [3.63, 3.8) is 0 Å². The standard InChI is InChI=1S/C25H24N2OS/c1-16-5-14-21-22(15-16)29-24(27-21)18-8-12-20(13-9-18)26-23(28)17-6-10-19(11-7-17)25(2,3)4/h5-15H,1-4H3,(H,26,28). The predicted molar refractivity (Wildman–Crippen MR) is 123 cm³/mol. The van der Waals surface area contributed by atoms with E-state index in [9.17, 15) is 4.79 Å². The van der Waals surface area contributed by atoms with Crippen LogP contribution in [-0.4, -0.2) is 10.9 Å². The van der Waals surface area contributed by atoms with Gasteiger partial charge in [-0.2, -0.15) is 0 Å². The lowest BCUT2D eigenvalue weighted by Crippen LogP contribution is -2.14. The molecule has 0 fully saturated rings. The van der Waals surface area contributed by atoms with Gasteiger partial charge in [-0.1, -0.05) is 39.0 Å². The summed E-state index contributed by atoms with van der Waals surface area (Å²) >= 11 is 1.69. The zero-order valence-electron chi connectivity index (χ0n) is 17.1. The van der Waals surface area contributed by atoms with Crippen molar-refractivity contribution in [3.05, 3.63) is 83.4 Å². The molecule has 0 aliphatic heterocycles. The number of aromatic nitrogens is 1. The van der Waals surface area contributed by atoms with Crippen molar-refractivity contribution in [3.8, 4) is 10.6 Å². The Morgan fingerprint density at radius 3 is 2.28 bits per heavy atom. The molecule has 0 atom stereocenters. The molecule has 29 heavy (non-hydrogen) atoms. The van der Waals surface area contributed by atoms with Crippen molar-refractivity contribution in [1.29, 1.82) is 0 Å². The highest BCUT2D eigenvalue weighted by Gasteiger charge is 2.14. The summed E-state index contributed by atoms with van der Waals surface area (Å²) in [5.41, 5.74) is 6.03. The Kier molecular flexibility index (Phi) is 4.97. The summed E-state index contributed by atoms with van der Waals surface area (Å²) in [7, 11) is 0. The zero-order chi connectivity index (χ0) is 20.6. The summed E-state index contributed by atoms with van der Waals surface area (Å²) in [5, 5.41) is 3.96. The minimum absolute atomic E-state index is 0.0736. The van der Waals surface area contributed by atoms with Gasteiger partial charge in [-0.25, -0.2) is 4.98 Å². The fourth-order valence-electron chi connectivity index (χ4n) is 3.18. The Balaban J connectivity index is 1.49. The van der Waals surface area contributed by atoms with E-state index < -0.39 is 0 Å². The van der Waals surface area contributed by atoms with Crippen LogP contribution in [0.25, 0.3) is 20.8 Å². The van der Waals surface area contributed by atoms with E-state index in [1.165, 1.54) is 15.8 Å². The Labute approximate surface area is 175 Å². The van der Waals surface area contributed by atoms with Gasteiger partial charge in [-0.3, -0.25) is 4.79 Å². The van der Waals surface area contributed by atoms with Gasteiger partial charge in [0.1, 0.15) is 5.01 Å². The monoisotopic (exact) mass is 400 g/mol. The number of hydrogen-bond donors (Lipinski definition) is 1. The van der Waals surface area contributed by atoms with E-state index in [1.807, 2.05) is 48.5 Å². The first kappa shape index (κ1) is 19.3. The number of amides is 1. The number of nitrogens with zero attached hydrogens (tertiary/aromatic N) is 1. The first-order valence-corrected chi connectivity index (χ1v) is 10.5. The van der Waals surface area contributed by atoms with Crippen molar-refractivity contribution in [2.75, 3.05) is 5.32 Å². The van der Waals surface area contributed by atoms with Gasteiger partial charge in [-0.15, -0.1) is 11.3 Å². The van der Waals surface area contributed by atoms with Crippen LogP contribution >= 0.6 is 11.3 Å². The molecule has 0 aliphatic rings. The average Bonchev–Trinajstić information content (AvgIpc) is 3.11. The Bertz CT molecular complexity index is 1170. The number of anilines is 1. The molecular formula is C25H24N2OS. The van der Waals surface area contributed by atoms with E-state index in [0.717, 1.165) is 21.8 Å². The number of thiazole rings is 1. The second-order valence-electron chi connectivity index (χ2n) is 8.35. The summed E-state index contributed by atoms with van der Waals surface area (Å²) in [6.45, 7) is 8.58. The van der Waals surface area contributed by atoms with Crippen molar-refractivity contribution >= 4 is 33.1 Å². The van der Waals surface area contributed by atoms with Crippen LogP contribution in [0.2, 0.25) is 0 Å². The van der Waals surface area contributed by atoms with Crippen molar-refractivity contribution in [1.82, 2.24) is 4.98 Å². The summed E-state index contributed by atoms with van der Waals surface area (Å²) in [6, 6.07) is 22.0. The average molecular weight is 401 g/mol. The van der Waals surface area contributed by atoms with E-state index >= 15 is 0 Å². The second kappa shape index (κ2) is 7.45. The van der Waals surface area contributed by atoms with Crippen LogP contribution in [0.3, 0.4) is 0 Å². The van der Waals surface area contributed by atoms with Gasteiger partial charge >= 0.3 is 0 Å². The number of aryl methyl sites for hydroxylation is 1. The largest absolute Gasteiger partial charge is 0.322 e. The summed E-state index contributed by atoms with van der Waals surface area (Å²) in [4.78, 5) is 17.3. The molecule has 3 nitrogen and oxygen atoms in total. The number of fused-ring (bicyclic) bond motifs is 1. The molecule has 1 N–H and O–H groups in total. The number of carbonyl (C=O) groups is 1. The highest BCUT2D eigenvalue weighted by Crippen LogP contribution is 2.31. The Morgan fingerprint density at radius 2 is 1.62 bits per heavy atom. The SMILES string of the molecule is Cc1ccc2nc(-c3ccc(NC(=O)c4ccc(C(C)(C)C)cc4)cc3)sc2c1. The van der Waals surface area contributed by atoms with Gasteiger partial charge in [0.2, 0.25) is 0 Å². The van der Waals surface area contributed by atoms with E-state index in [0.29, 0.717) is 5.56 Å². The lowest BCUT2D eigenvalue weighted by atomic mass is 9.87. The summed E-state index contributed by atoms with van der Waals surface area (Å²) < 4.78 is 1.19. The van der Waals surface area contributed by atoms with E-state index in [1.54, 1.807) is 11.3 Å². The smallest absolute Gasteiger partial charge is 0.255 e. The molecule has 0 unspecified atom stereocenters. The molecule has 4 heteroatoms. The minimum Gasteiger partial charge on any atom is -0.322 e. The molecule has 0 bridgehead atoms. The Morgan fingerprint density at radius 1 is 0.931 bits per heavy atom. The first-order valence-electron chi connectivity index (χ1n) is 9.69. The number of carbonyl (C=O) groups excluding carboxylic acids is 1. The lowest BCUT2D eigenvalue weighted by Gasteiger charge is -2.19. The molecule has 1 heterocycles. The number of hydrogen-bond acceptors (Lipinski definition) is 3. The number of benzene rings is 3. The fraction of sp³-hybridized carbons (Fsp3) is 0.200. The molecule has 3 aromatic carbocycles. The molecule has 4 aromatic rings. The van der Waals surface area contributed by atoms with Crippen LogP contribution in [0.15, 0.2) is 66.7 Å². The van der Waals surface area contributed by atoms with Crippen LogP contribution in [0.1, 0.15) is 42.3 Å². The molecule has 146 valence electrons. The third-order valence-electron chi connectivity index (χ3n) is 4.95. The normalized spacial score (nSPS) is 11.6. The van der Waals surface area contributed by atoms with Crippen molar-refractivity contribution < 1.29 is 4.79 Å². The molecule has 0 saturated heterocycles. The molecular weight excluding hydrogens is 376 g/mol. The molecule has 0 spiro atoms. The quantitative estimate of drug-likeness (QED) is 0.410. The van der Waals surface area contributed by atoms with Crippen LogP contribution < -0.4 is 5.32 Å². The molecule has 0 aliphatic carbocycles. The van der Waals surface area contributed by atoms with Crippen LogP contribution in [-0.2, 0) is 5.41 Å². The second-order valence-corrected chi connectivity index (χ2v) is 9.38. The van der Waals surface area contributed by atoms with Crippen LogP contribution in [0.5, 0.6) is 0 Å². The fourth-order valence-corrected chi connectivity index (χ4v) is 4.25. The topological polar surface area (TPSA) is 42.0 Å². The summed E-state index contributed by atoms with van der Waals surface area (Å²) in [6.07, 6.45) is 0. The van der Waals surface area contributed by atoms with E-state index in [-0.39, 0.29) is 11.3 Å². The van der Waals surface area contributed by atoms with E-state index in [2.05, 4.69) is 51.2 Å². The van der Waals surface area contributed by atoms with Crippen molar-refractivity contribution in [2.45, 2.75) is 33.1 Å². The van der Waals surface area contributed by atoms with Gasteiger partial charge < -0.3 is 5.32 Å². The molecule has 0 saturated carbocycles. The maximum absolute atomic E-state index is 12.6. The van der Waals surface area contributed by atoms with Gasteiger partial charge in [0.05, 0.1) is 10.2 Å². The number of nitrogens with one attached hydrogen (secondary N) is 1. The van der Waals surface area contributed by atoms with Crippen molar-refractivity contribution in [2.24, 2.45) is 0 Å². The van der Waals surface area contributed by atoms with Gasteiger partial charge in [0.25, 0.3) is 5.91 Å². The molecule has 1 amide bonds. The van der Waals surface area contributed by atoms with Gasteiger partial charge in [-0.05, 0) is 72.0 Å². The molecule has 1 aromatic heterocycles. The third-order valence-corrected chi connectivity index (χ3v) is 6.01. The number of rotatable bonds is 3. The Hall–Kier alpha value is -2.98. The van der Waals surface area contributed by atoms with E-state index in [4.69, 9.17) is 4.98 Å². The van der Waals surface area contributed by atoms with Gasteiger partial charge in [0, 0.05) is 16.8 Å². The zero-order valence-corrected chi connectivity index (χ0v) is 17.9.